The van der Waals surface area contributed by atoms with Crippen molar-refractivity contribution in [1.29, 1.82) is 0 Å². The summed E-state index contributed by atoms with van der Waals surface area (Å²) >= 11 is 1.59. The fourth-order valence-corrected chi connectivity index (χ4v) is 2.59. The highest BCUT2D eigenvalue weighted by Crippen LogP contribution is 2.20. The summed E-state index contributed by atoms with van der Waals surface area (Å²) in [6, 6.07) is -0.130. The van der Waals surface area contributed by atoms with E-state index in [1.54, 1.807) is 18.3 Å². The van der Waals surface area contributed by atoms with Crippen molar-refractivity contribution in [3.8, 4) is 0 Å². The van der Waals surface area contributed by atoms with Crippen molar-refractivity contribution in [2.24, 2.45) is 5.92 Å². The number of aryl methyl sites for hydroxylation is 1. The third-order valence-electron chi connectivity index (χ3n) is 2.72. The molecule has 0 bridgehead atoms. The molecule has 0 saturated heterocycles. The Bertz CT molecular complexity index is 445. The smallest absolute Gasteiger partial charge is 0.303 e. The average molecular weight is 284 g/mol. The minimum Gasteiger partial charge on any atom is -0.481 e. The van der Waals surface area contributed by atoms with Crippen LogP contribution in [-0.4, -0.2) is 22.0 Å². The molecule has 1 rings (SSSR count). The zero-order valence-electron chi connectivity index (χ0n) is 11.5. The van der Waals surface area contributed by atoms with E-state index in [0.29, 0.717) is 0 Å². The second kappa shape index (κ2) is 7.23. The number of amides is 1. The van der Waals surface area contributed by atoms with Crippen molar-refractivity contribution in [1.82, 2.24) is 10.3 Å². The number of carbonyl (C=O) groups excluding carboxylic acids is 1. The Kier molecular flexibility index (Phi) is 5.95. The quantitative estimate of drug-likeness (QED) is 0.805. The number of rotatable bonds is 7. The maximum atomic E-state index is 11.8. The molecule has 2 atom stereocenters. The van der Waals surface area contributed by atoms with Crippen LogP contribution in [0.5, 0.6) is 0 Å². The van der Waals surface area contributed by atoms with E-state index in [4.69, 9.17) is 5.11 Å². The Labute approximate surface area is 117 Å². The summed E-state index contributed by atoms with van der Waals surface area (Å²) in [5, 5.41) is 12.4. The first-order chi connectivity index (χ1) is 8.92. The molecule has 1 heterocycles. The van der Waals surface area contributed by atoms with Gasteiger partial charge >= 0.3 is 5.97 Å². The summed E-state index contributed by atoms with van der Waals surface area (Å²) in [5.41, 5.74) is 0. The van der Waals surface area contributed by atoms with Crippen LogP contribution in [0.25, 0.3) is 0 Å². The summed E-state index contributed by atoms with van der Waals surface area (Å²) < 4.78 is 0. The molecule has 0 aliphatic rings. The summed E-state index contributed by atoms with van der Waals surface area (Å²) in [6.45, 7) is 5.71. The number of nitrogens with one attached hydrogen (secondary N) is 1. The summed E-state index contributed by atoms with van der Waals surface area (Å²) in [5.74, 6) is -1.16. The Balaban J connectivity index is 2.45. The molecule has 1 aromatic rings. The molecular weight excluding hydrogens is 264 g/mol. The number of hydrogen-bond donors (Lipinski definition) is 2. The predicted octanol–water partition coefficient (Wildman–Crippen LogP) is 2.38. The molecule has 0 saturated carbocycles. The number of carbonyl (C=O) groups is 2. The molecule has 1 amide bonds. The molecule has 1 aromatic heterocycles. The first-order valence-corrected chi connectivity index (χ1v) is 7.19. The molecule has 0 aromatic carbocycles. The highest BCUT2D eigenvalue weighted by Gasteiger charge is 2.16. The summed E-state index contributed by atoms with van der Waals surface area (Å²) in [6.07, 6.45) is 3.01. The lowest BCUT2D eigenvalue weighted by Crippen LogP contribution is -2.28. The van der Waals surface area contributed by atoms with Crippen LogP contribution in [0.2, 0.25) is 0 Å². The number of aliphatic carboxylic acids is 1. The minimum absolute atomic E-state index is 0.0129. The van der Waals surface area contributed by atoms with Gasteiger partial charge in [-0.3, -0.25) is 9.59 Å². The van der Waals surface area contributed by atoms with Gasteiger partial charge in [0.1, 0.15) is 5.01 Å². The van der Waals surface area contributed by atoms with Gasteiger partial charge in [-0.15, -0.1) is 11.3 Å². The van der Waals surface area contributed by atoms with Gasteiger partial charge in [-0.05, 0) is 19.3 Å². The van der Waals surface area contributed by atoms with Gasteiger partial charge in [-0.25, -0.2) is 4.98 Å². The number of nitrogens with zero attached hydrogens (tertiary/aromatic N) is 1. The van der Waals surface area contributed by atoms with Gasteiger partial charge in [0, 0.05) is 23.9 Å². The first-order valence-electron chi connectivity index (χ1n) is 6.38. The Morgan fingerprint density at radius 1 is 1.42 bits per heavy atom. The Morgan fingerprint density at radius 2 is 2.11 bits per heavy atom. The average Bonchev–Trinajstić information content (AvgIpc) is 2.75. The van der Waals surface area contributed by atoms with Gasteiger partial charge < -0.3 is 10.4 Å². The van der Waals surface area contributed by atoms with Crippen LogP contribution < -0.4 is 5.32 Å². The summed E-state index contributed by atoms with van der Waals surface area (Å²) in [7, 11) is 0. The zero-order valence-corrected chi connectivity index (χ0v) is 12.3. The highest BCUT2D eigenvalue weighted by atomic mass is 32.1. The van der Waals surface area contributed by atoms with E-state index in [9.17, 15) is 9.59 Å². The van der Waals surface area contributed by atoms with E-state index < -0.39 is 5.97 Å². The number of carboxylic acid groups (broad SMARTS) is 1. The maximum absolute atomic E-state index is 11.8. The molecule has 0 spiro atoms. The normalized spacial score (nSPS) is 13.8. The number of hydrogen-bond acceptors (Lipinski definition) is 4. The minimum atomic E-state index is -0.874. The summed E-state index contributed by atoms with van der Waals surface area (Å²) in [4.78, 5) is 27.8. The predicted molar refractivity (Wildman–Crippen MR) is 74.1 cm³/mol. The van der Waals surface area contributed by atoms with Crippen LogP contribution >= 0.6 is 11.3 Å². The van der Waals surface area contributed by atoms with Crippen LogP contribution in [0.4, 0.5) is 0 Å². The molecule has 0 aliphatic heterocycles. The third-order valence-corrected chi connectivity index (χ3v) is 4.05. The van der Waals surface area contributed by atoms with Crippen LogP contribution in [0.3, 0.4) is 0 Å². The van der Waals surface area contributed by atoms with E-state index in [2.05, 4.69) is 17.2 Å². The second-order valence-electron chi connectivity index (χ2n) is 4.71. The van der Waals surface area contributed by atoms with Crippen LogP contribution in [0, 0.1) is 5.92 Å². The second-order valence-corrected chi connectivity index (χ2v) is 5.86. The van der Waals surface area contributed by atoms with Gasteiger partial charge in [0.05, 0.1) is 6.04 Å². The molecule has 106 valence electrons. The molecule has 2 N–H and O–H groups in total. The Morgan fingerprint density at radius 3 is 2.63 bits per heavy atom. The topological polar surface area (TPSA) is 79.3 Å². The molecule has 0 radical (unpaired) electrons. The molecule has 6 heteroatoms. The van der Waals surface area contributed by atoms with Gasteiger partial charge in [0.15, 0.2) is 0 Å². The van der Waals surface area contributed by atoms with E-state index in [1.165, 1.54) is 4.88 Å². The van der Waals surface area contributed by atoms with Crippen LogP contribution in [-0.2, 0) is 16.0 Å². The van der Waals surface area contributed by atoms with Crippen molar-refractivity contribution in [3.63, 3.8) is 0 Å². The third kappa shape index (κ3) is 5.38. The van der Waals surface area contributed by atoms with E-state index in [-0.39, 0.29) is 30.7 Å². The van der Waals surface area contributed by atoms with Crippen molar-refractivity contribution in [3.05, 3.63) is 16.1 Å². The van der Waals surface area contributed by atoms with Gasteiger partial charge in [-0.1, -0.05) is 13.8 Å². The van der Waals surface area contributed by atoms with Crippen molar-refractivity contribution < 1.29 is 14.7 Å². The van der Waals surface area contributed by atoms with Gasteiger partial charge in [0.25, 0.3) is 0 Å². The molecule has 0 fully saturated rings. The lowest BCUT2D eigenvalue weighted by molar-refractivity contribution is -0.138. The van der Waals surface area contributed by atoms with Crippen molar-refractivity contribution in [2.45, 2.75) is 46.1 Å². The van der Waals surface area contributed by atoms with E-state index in [1.807, 2.05) is 13.1 Å². The highest BCUT2D eigenvalue weighted by molar-refractivity contribution is 7.11. The van der Waals surface area contributed by atoms with Gasteiger partial charge in [0.2, 0.25) is 5.91 Å². The Hall–Kier alpha value is -1.43. The standard InChI is InChI=1S/C13H20N2O3S/c1-4-10-7-14-13(19-10)9(3)15-11(16)5-8(2)6-12(17)18/h7-9H,4-6H2,1-3H3,(H,15,16)(H,17,18). The maximum Gasteiger partial charge on any atom is 0.303 e. The number of carboxylic acids is 1. The molecule has 5 nitrogen and oxygen atoms in total. The lowest BCUT2D eigenvalue weighted by atomic mass is 10.0. The van der Waals surface area contributed by atoms with Crippen LogP contribution in [0.15, 0.2) is 6.20 Å². The number of thiazole rings is 1. The van der Waals surface area contributed by atoms with E-state index >= 15 is 0 Å². The van der Waals surface area contributed by atoms with Gasteiger partial charge in [-0.2, -0.15) is 0 Å². The van der Waals surface area contributed by atoms with Crippen molar-refractivity contribution >= 4 is 23.2 Å². The SMILES string of the molecule is CCc1cnc(C(C)NC(=O)CC(C)CC(=O)O)s1. The lowest BCUT2D eigenvalue weighted by Gasteiger charge is -2.13. The van der Waals surface area contributed by atoms with Crippen molar-refractivity contribution in [2.75, 3.05) is 0 Å². The zero-order chi connectivity index (χ0) is 14.4. The first kappa shape index (κ1) is 15.6. The van der Waals surface area contributed by atoms with Crippen LogP contribution in [0.1, 0.15) is 49.5 Å². The molecule has 2 unspecified atom stereocenters. The fourth-order valence-electron chi connectivity index (χ4n) is 1.74. The number of aromatic nitrogens is 1. The van der Waals surface area contributed by atoms with E-state index in [0.717, 1.165) is 11.4 Å². The largest absolute Gasteiger partial charge is 0.481 e. The molecular formula is C13H20N2O3S. The monoisotopic (exact) mass is 284 g/mol. The molecule has 19 heavy (non-hydrogen) atoms. The molecule has 0 aliphatic carbocycles. The fraction of sp³-hybridized carbons (Fsp3) is 0.615.